The van der Waals surface area contributed by atoms with Gasteiger partial charge in [-0.15, -0.1) is 5.10 Å². The monoisotopic (exact) mass is 237 g/mol. The molecule has 0 radical (unpaired) electrons. The maximum atomic E-state index is 10.8. The average molecular weight is 237 g/mol. The molecule has 4 heteroatoms. The third kappa shape index (κ3) is 1.50. The normalized spacial score (nSPS) is 10.7. The zero-order chi connectivity index (χ0) is 12.5. The molecule has 2 aromatic carbocycles. The lowest BCUT2D eigenvalue weighted by Crippen LogP contribution is -2.00. The Balaban J connectivity index is 2.31. The second-order valence-corrected chi connectivity index (χ2v) is 4.09. The van der Waals surface area contributed by atoms with Crippen LogP contribution in [-0.2, 0) is 0 Å². The number of carbonyl (C=O) groups is 1. The predicted octanol–water partition coefficient (Wildman–Crippen LogP) is 2.54. The Morgan fingerprint density at radius 2 is 1.89 bits per heavy atom. The second kappa shape index (κ2) is 4.07. The van der Waals surface area contributed by atoms with Gasteiger partial charge in [0.15, 0.2) is 6.29 Å². The third-order valence-electron chi connectivity index (χ3n) is 3.04. The van der Waals surface area contributed by atoms with Crippen molar-refractivity contribution in [2.75, 3.05) is 0 Å². The smallest absolute Gasteiger partial charge is 0.172 e. The fourth-order valence-corrected chi connectivity index (χ4v) is 2.07. The molecule has 3 rings (SSSR count). The average Bonchev–Trinajstić information content (AvgIpc) is 2.79. The van der Waals surface area contributed by atoms with E-state index in [1.165, 1.54) is 0 Å². The summed E-state index contributed by atoms with van der Waals surface area (Å²) in [5, 5.41) is 10.1. The molecule has 0 saturated heterocycles. The quantitative estimate of drug-likeness (QED) is 0.643. The van der Waals surface area contributed by atoms with E-state index in [0.717, 1.165) is 28.4 Å². The molecule has 0 bridgehead atoms. The second-order valence-electron chi connectivity index (χ2n) is 4.09. The number of fused-ring (bicyclic) bond motifs is 1. The summed E-state index contributed by atoms with van der Waals surface area (Å²) >= 11 is 0. The van der Waals surface area contributed by atoms with Gasteiger partial charge in [0.1, 0.15) is 5.69 Å². The molecule has 0 aliphatic heterocycles. The maximum absolute atomic E-state index is 10.8. The van der Waals surface area contributed by atoms with Gasteiger partial charge in [-0.3, -0.25) is 4.79 Å². The lowest BCUT2D eigenvalue weighted by atomic mass is 10.1. The summed E-state index contributed by atoms with van der Waals surface area (Å²) in [4.78, 5) is 10.8. The van der Waals surface area contributed by atoms with Crippen LogP contribution in [0.5, 0.6) is 0 Å². The molecule has 0 spiro atoms. The molecule has 0 unspecified atom stereocenters. The Bertz CT molecular complexity index is 725. The number of aromatic nitrogens is 3. The minimum absolute atomic E-state index is 0.378. The first-order valence-electron chi connectivity index (χ1n) is 5.67. The Kier molecular flexibility index (Phi) is 2.41. The molecule has 88 valence electrons. The predicted molar refractivity (Wildman–Crippen MR) is 69.0 cm³/mol. The molecule has 4 nitrogen and oxygen atoms in total. The SMILES string of the molecule is Cc1c(C=O)nnn1-c1cccc2ccccc12. The van der Waals surface area contributed by atoms with Crippen molar-refractivity contribution in [2.24, 2.45) is 0 Å². The van der Waals surface area contributed by atoms with Crippen molar-refractivity contribution in [2.45, 2.75) is 6.92 Å². The minimum Gasteiger partial charge on any atom is -0.296 e. The van der Waals surface area contributed by atoms with E-state index in [0.29, 0.717) is 5.69 Å². The van der Waals surface area contributed by atoms with Crippen LogP contribution in [0.4, 0.5) is 0 Å². The van der Waals surface area contributed by atoms with Crippen molar-refractivity contribution in [3.8, 4) is 5.69 Å². The maximum Gasteiger partial charge on any atom is 0.172 e. The van der Waals surface area contributed by atoms with Crippen LogP contribution in [0.3, 0.4) is 0 Å². The molecule has 0 aliphatic rings. The molecule has 0 amide bonds. The van der Waals surface area contributed by atoms with E-state index in [4.69, 9.17) is 0 Å². The lowest BCUT2D eigenvalue weighted by molar-refractivity contribution is 0.111. The molecule has 0 aliphatic carbocycles. The van der Waals surface area contributed by atoms with Crippen LogP contribution < -0.4 is 0 Å². The van der Waals surface area contributed by atoms with Gasteiger partial charge >= 0.3 is 0 Å². The highest BCUT2D eigenvalue weighted by atomic mass is 16.1. The zero-order valence-electron chi connectivity index (χ0n) is 9.87. The highest BCUT2D eigenvalue weighted by Crippen LogP contribution is 2.22. The van der Waals surface area contributed by atoms with E-state index < -0.39 is 0 Å². The van der Waals surface area contributed by atoms with Crippen LogP contribution in [0.2, 0.25) is 0 Å². The highest BCUT2D eigenvalue weighted by Gasteiger charge is 2.10. The molecular formula is C14H11N3O. The first-order chi connectivity index (χ1) is 8.81. The van der Waals surface area contributed by atoms with Crippen LogP contribution in [-0.4, -0.2) is 21.3 Å². The van der Waals surface area contributed by atoms with Gasteiger partial charge in [-0.1, -0.05) is 41.6 Å². The summed E-state index contributed by atoms with van der Waals surface area (Å²) in [5.41, 5.74) is 2.07. The summed E-state index contributed by atoms with van der Waals surface area (Å²) in [7, 11) is 0. The highest BCUT2D eigenvalue weighted by molar-refractivity contribution is 5.90. The van der Waals surface area contributed by atoms with E-state index in [1.807, 2.05) is 49.4 Å². The molecule has 1 aromatic heterocycles. The molecule has 3 aromatic rings. The number of benzene rings is 2. The lowest BCUT2D eigenvalue weighted by Gasteiger charge is -2.07. The third-order valence-corrected chi connectivity index (χ3v) is 3.04. The Morgan fingerprint density at radius 1 is 1.11 bits per heavy atom. The number of aldehydes is 1. The number of carbonyl (C=O) groups excluding carboxylic acids is 1. The Labute approximate surface area is 104 Å². The van der Waals surface area contributed by atoms with Gasteiger partial charge < -0.3 is 0 Å². The van der Waals surface area contributed by atoms with Crippen molar-refractivity contribution in [1.29, 1.82) is 0 Å². The van der Waals surface area contributed by atoms with Gasteiger partial charge in [-0.25, -0.2) is 4.68 Å². The summed E-state index contributed by atoms with van der Waals surface area (Å²) in [6.07, 6.45) is 0.726. The van der Waals surface area contributed by atoms with Crippen molar-refractivity contribution in [3.63, 3.8) is 0 Å². The number of rotatable bonds is 2. The van der Waals surface area contributed by atoms with Gasteiger partial charge in [-0.05, 0) is 18.4 Å². The Morgan fingerprint density at radius 3 is 2.67 bits per heavy atom. The Hall–Kier alpha value is -2.49. The fraction of sp³-hybridized carbons (Fsp3) is 0.0714. The molecule has 0 N–H and O–H groups in total. The number of hydrogen-bond donors (Lipinski definition) is 0. The van der Waals surface area contributed by atoms with Crippen LogP contribution >= 0.6 is 0 Å². The molecule has 1 heterocycles. The van der Waals surface area contributed by atoms with E-state index in [9.17, 15) is 4.79 Å². The zero-order valence-corrected chi connectivity index (χ0v) is 9.87. The fourth-order valence-electron chi connectivity index (χ4n) is 2.07. The van der Waals surface area contributed by atoms with Gasteiger partial charge in [0.05, 0.1) is 11.4 Å². The molecule has 0 fully saturated rings. The van der Waals surface area contributed by atoms with Crippen molar-refractivity contribution in [3.05, 3.63) is 53.9 Å². The topological polar surface area (TPSA) is 47.8 Å². The van der Waals surface area contributed by atoms with Crippen LogP contribution in [0.25, 0.3) is 16.5 Å². The first kappa shape index (κ1) is 10.7. The molecule has 0 atom stereocenters. The van der Waals surface area contributed by atoms with Gasteiger partial charge in [0.25, 0.3) is 0 Å². The molecule has 0 saturated carbocycles. The van der Waals surface area contributed by atoms with Gasteiger partial charge in [0, 0.05) is 5.39 Å². The van der Waals surface area contributed by atoms with Crippen molar-refractivity contribution in [1.82, 2.24) is 15.0 Å². The summed E-state index contributed by atoms with van der Waals surface area (Å²) < 4.78 is 1.70. The first-order valence-corrected chi connectivity index (χ1v) is 5.67. The van der Waals surface area contributed by atoms with Crippen molar-refractivity contribution >= 4 is 17.1 Å². The van der Waals surface area contributed by atoms with Crippen LogP contribution in [0, 0.1) is 6.92 Å². The molecular weight excluding hydrogens is 226 g/mol. The van der Waals surface area contributed by atoms with E-state index in [-0.39, 0.29) is 0 Å². The molecule has 18 heavy (non-hydrogen) atoms. The van der Waals surface area contributed by atoms with Crippen LogP contribution in [0.1, 0.15) is 16.2 Å². The van der Waals surface area contributed by atoms with E-state index >= 15 is 0 Å². The van der Waals surface area contributed by atoms with Gasteiger partial charge in [0.2, 0.25) is 0 Å². The van der Waals surface area contributed by atoms with E-state index in [2.05, 4.69) is 10.3 Å². The standard InChI is InChI=1S/C14H11N3O/c1-10-13(9-18)15-16-17(10)14-8-4-6-11-5-2-3-7-12(11)14/h2-9H,1H3. The summed E-state index contributed by atoms with van der Waals surface area (Å²) in [6, 6.07) is 14.1. The van der Waals surface area contributed by atoms with Crippen LogP contribution in [0.15, 0.2) is 42.5 Å². The number of nitrogens with zero attached hydrogens (tertiary/aromatic N) is 3. The largest absolute Gasteiger partial charge is 0.296 e. The summed E-state index contributed by atoms with van der Waals surface area (Å²) in [6.45, 7) is 1.84. The minimum atomic E-state index is 0.378. The summed E-state index contributed by atoms with van der Waals surface area (Å²) in [5.74, 6) is 0. The van der Waals surface area contributed by atoms with Gasteiger partial charge in [-0.2, -0.15) is 0 Å². The number of hydrogen-bond acceptors (Lipinski definition) is 3. The van der Waals surface area contributed by atoms with E-state index in [1.54, 1.807) is 4.68 Å². The van der Waals surface area contributed by atoms with Crippen molar-refractivity contribution < 1.29 is 4.79 Å².